The number of hydrogen-bond donors (Lipinski definition) is 0. The summed E-state index contributed by atoms with van der Waals surface area (Å²) in [4.78, 5) is 0. The maximum atomic E-state index is 6.04. The highest BCUT2D eigenvalue weighted by atomic mass is 35.5. The number of alkyl halides is 1. The molecule has 0 heterocycles. The van der Waals surface area contributed by atoms with Crippen molar-refractivity contribution in [3.8, 4) is 0 Å². The largest absolute Gasteiger partial charge is 0.118 e. The molecular formula is C11H11Cl. The van der Waals surface area contributed by atoms with Gasteiger partial charge < -0.3 is 0 Å². The lowest BCUT2D eigenvalue weighted by atomic mass is 10.0. The molecule has 2 rings (SSSR count). The van der Waals surface area contributed by atoms with Gasteiger partial charge in [-0.1, -0.05) is 30.3 Å². The van der Waals surface area contributed by atoms with E-state index in [9.17, 15) is 0 Å². The first kappa shape index (κ1) is 7.88. The highest BCUT2D eigenvalue weighted by molar-refractivity contribution is 6.26. The molecule has 0 aromatic heterocycles. The molecule has 1 aromatic rings. The second-order valence-corrected chi connectivity index (χ2v) is 3.79. The summed E-state index contributed by atoms with van der Waals surface area (Å²) in [5.74, 6) is 0. The zero-order valence-electron chi connectivity index (χ0n) is 7.05. The van der Waals surface area contributed by atoms with Gasteiger partial charge in [-0.3, -0.25) is 0 Å². The third-order valence-corrected chi connectivity index (χ3v) is 2.53. The summed E-state index contributed by atoms with van der Waals surface area (Å²) in [7, 11) is 0. The van der Waals surface area contributed by atoms with E-state index in [0.717, 1.165) is 6.42 Å². The number of rotatable bonds is 1. The van der Waals surface area contributed by atoms with Crippen LogP contribution in [-0.2, 0) is 6.42 Å². The normalized spacial score (nSPS) is 17.0. The molecule has 0 saturated carbocycles. The minimum atomic E-state index is 0.133. The van der Waals surface area contributed by atoms with Crippen LogP contribution >= 0.6 is 11.6 Å². The van der Waals surface area contributed by atoms with Crippen molar-refractivity contribution in [2.24, 2.45) is 0 Å². The molecule has 0 radical (unpaired) electrons. The number of allylic oxidation sites excluding steroid dienone is 2. The van der Waals surface area contributed by atoms with E-state index in [1.165, 1.54) is 16.7 Å². The minimum absolute atomic E-state index is 0.133. The summed E-state index contributed by atoms with van der Waals surface area (Å²) in [6.45, 7) is 2.02. The fraction of sp³-hybridized carbons (Fsp3) is 0.273. The Kier molecular flexibility index (Phi) is 1.93. The molecule has 0 amide bonds. The second-order valence-electron chi connectivity index (χ2n) is 3.14. The molecule has 0 aliphatic heterocycles. The highest BCUT2D eigenvalue weighted by Crippen LogP contribution is 2.31. The third-order valence-electron chi connectivity index (χ3n) is 2.30. The molecule has 0 bridgehead atoms. The maximum Gasteiger partial charge on any atom is 0.0560 e. The molecule has 0 fully saturated rings. The Morgan fingerprint density at radius 3 is 2.83 bits per heavy atom. The van der Waals surface area contributed by atoms with E-state index in [0.29, 0.717) is 0 Å². The number of benzene rings is 1. The van der Waals surface area contributed by atoms with Crippen molar-refractivity contribution in [1.29, 1.82) is 0 Å². The van der Waals surface area contributed by atoms with Crippen molar-refractivity contribution in [3.63, 3.8) is 0 Å². The van der Waals surface area contributed by atoms with Crippen molar-refractivity contribution in [2.75, 3.05) is 0 Å². The van der Waals surface area contributed by atoms with Crippen LogP contribution in [0.5, 0.6) is 0 Å². The Morgan fingerprint density at radius 2 is 2.08 bits per heavy atom. The van der Waals surface area contributed by atoms with Crippen molar-refractivity contribution >= 4 is 17.2 Å². The zero-order chi connectivity index (χ0) is 8.55. The van der Waals surface area contributed by atoms with Crippen LogP contribution in [-0.4, -0.2) is 5.38 Å². The summed E-state index contributed by atoms with van der Waals surface area (Å²) in [5, 5.41) is 0.133. The smallest absolute Gasteiger partial charge is 0.0560 e. The van der Waals surface area contributed by atoms with Crippen LogP contribution in [0.4, 0.5) is 0 Å². The van der Waals surface area contributed by atoms with Gasteiger partial charge in [-0.2, -0.15) is 0 Å². The van der Waals surface area contributed by atoms with Crippen LogP contribution in [0.25, 0.3) is 5.57 Å². The number of halogens is 1. The molecule has 0 spiro atoms. The quantitative estimate of drug-likeness (QED) is 0.580. The molecule has 1 unspecified atom stereocenters. The van der Waals surface area contributed by atoms with Gasteiger partial charge >= 0.3 is 0 Å². The van der Waals surface area contributed by atoms with Crippen LogP contribution in [0.15, 0.2) is 30.3 Å². The van der Waals surface area contributed by atoms with E-state index in [2.05, 4.69) is 30.3 Å². The number of hydrogen-bond acceptors (Lipinski definition) is 0. The van der Waals surface area contributed by atoms with Gasteiger partial charge in [0.15, 0.2) is 0 Å². The first-order valence-corrected chi connectivity index (χ1v) is 4.65. The van der Waals surface area contributed by atoms with Crippen molar-refractivity contribution < 1.29 is 0 Å². The lowest BCUT2D eigenvalue weighted by Crippen LogP contribution is -1.93. The van der Waals surface area contributed by atoms with E-state index in [1.54, 1.807) is 0 Å². The van der Waals surface area contributed by atoms with E-state index < -0.39 is 0 Å². The average molecular weight is 179 g/mol. The molecule has 12 heavy (non-hydrogen) atoms. The predicted octanol–water partition coefficient (Wildman–Crippen LogP) is 3.25. The first-order valence-electron chi connectivity index (χ1n) is 4.21. The molecule has 1 aromatic carbocycles. The molecule has 0 saturated heterocycles. The summed E-state index contributed by atoms with van der Waals surface area (Å²) in [6.07, 6.45) is 3.27. The van der Waals surface area contributed by atoms with Gasteiger partial charge in [0.25, 0.3) is 0 Å². The van der Waals surface area contributed by atoms with Gasteiger partial charge in [-0.25, -0.2) is 0 Å². The van der Waals surface area contributed by atoms with Gasteiger partial charge in [0.1, 0.15) is 0 Å². The summed E-state index contributed by atoms with van der Waals surface area (Å²) < 4.78 is 0. The van der Waals surface area contributed by atoms with Crippen LogP contribution in [0, 0.1) is 0 Å². The van der Waals surface area contributed by atoms with Crippen molar-refractivity contribution in [2.45, 2.75) is 18.7 Å². The van der Waals surface area contributed by atoms with E-state index >= 15 is 0 Å². The Morgan fingerprint density at radius 1 is 1.33 bits per heavy atom. The van der Waals surface area contributed by atoms with Crippen LogP contribution < -0.4 is 0 Å². The van der Waals surface area contributed by atoms with E-state index in [1.807, 2.05) is 6.92 Å². The summed E-state index contributed by atoms with van der Waals surface area (Å²) in [5.41, 5.74) is 4.02. The van der Waals surface area contributed by atoms with Crippen molar-refractivity contribution in [3.05, 3.63) is 41.5 Å². The second kappa shape index (κ2) is 2.95. The monoisotopic (exact) mass is 178 g/mol. The van der Waals surface area contributed by atoms with Gasteiger partial charge in [-0.05, 0) is 30.0 Å². The van der Waals surface area contributed by atoms with E-state index in [4.69, 9.17) is 11.6 Å². The molecule has 1 aliphatic carbocycles. The Labute approximate surface area is 77.9 Å². The van der Waals surface area contributed by atoms with Crippen LogP contribution in [0.1, 0.15) is 18.1 Å². The Bertz CT molecular complexity index is 324. The predicted molar refractivity (Wildman–Crippen MR) is 53.4 cm³/mol. The number of fused-ring (bicyclic) bond motifs is 1. The van der Waals surface area contributed by atoms with Crippen LogP contribution in [0.2, 0.25) is 0 Å². The highest BCUT2D eigenvalue weighted by Gasteiger charge is 2.16. The minimum Gasteiger partial charge on any atom is -0.118 e. The fourth-order valence-corrected chi connectivity index (χ4v) is 1.89. The van der Waals surface area contributed by atoms with Crippen molar-refractivity contribution in [1.82, 2.24) is 0 Å². The summed E-state index contributed by atoms with van der Waals surface area (Å²) >= 11 is 6.04. The van der Waals surface area contributed by atoms with Crippen LogP contribution in [0.3, 0.4) is 0 Å². The summed E-state index contributed by atoms with van der Waals surface area (Å²) in [6, 6.07) is 8.46. The zero-order valence-corrected chi connectivity index (χ0v) is 7.81. The standard InChI is InChI=1S/C11H11Cl/c1-8(12)10-7-6-9-4-2-3-5-11(9)10/h2-5,7-8H,6H2,1H3. The lowest BCUT2D eigenvalue weighted by molar-refractivity contribution is 1.25. The lowest BCUT2D eigenvalue weighted by Gasteiger charge is -2.06. The molecule has 1 atom stereocenters. The maximum absolute atomic E-state index is 6.04. The Balaban J connectivity index is 2.45. The Hall–Kier alpha value is -0.750. The first-order chi connectivity index (χ1) is 5.79. The molecule has 1 heteroatoms. The fourth-order valence-electron chi connectivity index (χ4n) is 1.69. The van der Waals surface area contributed by atoms with E-state index in [-0.39, 0.29) is 5.38 Å². The molecule has 1 aliphatic rings. The van der Waals surface area contributed by atoms with Gasteiger partial charge in [0.05, 0.1) is 5.38 Å². The SMILES string of the molecule is CC(Cl)C1=CCc2ccccc21. The van der Waals surface area contributed by atoms with Gasteiger partial charge in [-0.15, -0.1) is 11.6 Å². The molecule has 62 valence electrons. The average Bonchev–Trinajstić information content (AvgIpc) is 2.47. The van der Waals surface area contributed by atoms with Gasteiger partial charge in [0, 0.05) is 0 Å². The van der Waals surface area contributed by atoms with Gasteiger partial charge in [0.2, 0.25) is 0 Å². The molecular weight excluding hydrogens is 168 g/mol. The molecule has 0 N–H and O–H groups in total. The third kappa shape index (κ3) is 1.16. The topological polar surface area (TPSA) is 0 Å². The molecule has 0 nitrogen and oxygen atoms in total.